The molecule has 5 aromatic heterocycles. The molecule has 86 heavy (non-hydrogen) atoms. The summed E-state index contributed by atoms with van der Waals surface area (Å²) in [6.07, 6.45) is 14.2. The zero-order valence-corrected chi connectivity index (χ0v) is 49.5. The molecular formula is C63H78F3N15O5. The van der Waals surface area contributed by atoms with Crippen LogP contribution in [0.3, 0.4) is 0 Å². The number of aromatic nitrogens is 10. The number of nitrogen functional groups attached to an aromatic ring is 2. The number of halogens is 3. The molecule has 0 radical (unpaired) electrons. The largest absolute Gasteiger partial charge is 0.471 e. The average Bonchev–Trinajstić information content (AvgIpc) is 3.75. The minimum atomic E-state index is -4.90. The smallest absolute Gasteiger partial charge is 0.444 e. The number of H-pyrrole nitrogens is 2. The highest BCUT2D eigenvalue weighted by atomic mass is 19.4. The fourth-order valence-electron chi connectivity index (χ4n) is 9.17. The maximum atomic E-state index is 12.4. The van der Waals surface area contributed by atoms with Gasteiger partial charge in [0.25, 0.3) is 0 Å². The van der Waals surface area contributed by atoms with E-state index in [0.29, 0.717) is 42.5 Å². The van der Waals surface area contributed by atoms with Crippen molar-refractivity contribution in [3.8, 4) is 0 Å². The zero-order valence-electron chi connectivity index (χ0n) is 49.5. The molecule has 5 saturated carbocycles. The fourth-order valence-corrected chi connectivity index (χ4v) is 9.17. The van der Waals surface area contributed by atoms with Gasteiger partial charge in [-0.3, -0.25) is 39.7 Å². The van der Waals surface area contributed by atoms with Crippen molar-refractivity contribution >= 4 is 46.5 Å². The molecule has 9 N–H and O–H groups in total. The van der Waals surface area contributed by atoms with Crippen LogP contribution >= 0.6 is 0 Å². The summed E-state index contributed by atoms with van der Waals surface area (Å²) in [7, 11) is 0. The predicted octanol–water partition coefficient (Wildman–Crippen LogP) is 13.4. The summed E-state index contributed by atoms with van der Waals surface area (Å²) in [5.74, 6) is 0.461. The van der Waals surface area contributed by atoms with Crippen molar-refractivity contribution in [3.63, 3.8) is 0 Å². The van der Waals surface area contributed by atoms with Gasteiger partial charge < -0.3 is 26.3 Å². The summed E-state index contributed by atoms with van der Waals surface area (Å²) < 4.78 is 53.1. The molecule has 5 heterocycles. The molecule has 8 aromatic rings. The highest BCUT2D eigenvalue weighted by molar-refractivity contribution is 5.95. The minimum Gasteiger partial charge on any atom is -0.444 e. The van der Waals surface area contributed by atoms with Crippen LogP contribution in [0.15, 0.2) is 122 Å². The van der Waals surface area contributed by atoms with Crippen molar-refractivity contribution in [2.75, 3.05) is 27.4 Å². The maximum Gasteiger partial charge on any atom is 0.471 e. The van der Waals surface area contributed by atoms with Crippen LogP contribution in [0.25, 0.3) is 0 Å². The summed E-state index contributed by atoms with van der Waals surface area (Å²) in [5, 5.41) is 34.6. The van der Waals surface area contributed by atoms with Crippen molar-refractivity contribution in [2.24, 2.45) is 0 Å². The maximum absolute atomic E-state index is 12.4. The number of nitrogens with one attached hydrogen (secondary N) is 5. The van der Waals surface area contributed by atoms with E-state index >= 15 is 0 Å². The Kier molecular flexibility index (Phi) is 19.4. The number of rotatable bonds is 14. The van der Waals surface area contributed by atoms with Crippen LogP contribution in [-0.4, -0.2) is 85.2 Å². The van der Waals surface area contributed by atoms with Crippen molar-refractivity contribution < 1.29 is 37.0 Å². The summed E-state index contributed by atoms with van der Waals surface area (Å²) in [5.41, 5.74) is 22.0. The van der Waals surface area contributed by atoms with Crippen LogP contribution in [0, 0.1) is 0 Å². The number of benzene rings is 3. The Labute approximate surface area is 498 Å². The molecule has 3 amide bonds. The molecule has 13 rings (SSSR count). The number of hydrogen-bond donors (Lipinski definition) is 7. The Hall–Kier alpha value is -8.89. The molecule has 23 heteroatoms. The number of carbonyl (C=O) groups is 3. The van der Waals surface area contributed by atoms with Crippen molar-refractivity contribution in [1.82, 2.24) is 49.7 Å². The van der Waals surface area contributed by atoms with E-state index < -0.39 is 35.5 Å². The lowest BCUT2D eigenvalue weighted by molar-refractivity contribution is -0.167. The number of aromatic amines is 2. The SMILES string of the molecule is CC(C)(C)OC(=O)Nc1cn(Cc2ccccc2)nc1C1CC1.CC(C)(C)OC(=O)Nc1cn[nH]c1C1CC1.Nc1cn(Cc2ccccc2)nc1C1CC1.Nc1cn[nH]c1C1CC1.O=C(Nc1cn(Cc2ccccc2)nc1C1CC1)C(F)(F)F. The minimum absolute atomic E-state index is 0.139. The number of hydrogen-bond acceptors (Lipinski definition) is 12. The normalized spacial score (nSPS) is 15.4. The van der Waals surface area contributed by atoms with Gasteiger partial charge in [-0.2, -0.15) is 38.7 Å². The van der Waals surface area contributed by atoms with Crippen molar-refractivity contribution in [2.45, 2.75) is 172 Å². The third kappa shape index (κ3) is 19.3. The van der Waals surface area contributed by atoms with Gasteiger partial charge in [-0.1, -0.05) is 91.0 Å². The average molecular weight is 1180 g/mol. The van der Waals surface area contributed by atoms with Crippen LogP contribution < -0.4 is 27.4 Å². The van der Waals surface area contributed by atoms with E-state index in [0.717, 1.165) is 96.2 Å². The second kappa shape index (κ2) is 27.0. The summed E-state index contributed by atoms with van der Waals surface area (Å²) in [6.45, 7) is 13.0. The molecule has 0 aliphatic heterocycles. The molecular weight excluding hydrogens is 1100 g/mol. The monoisotopic (exact) mass is 1180 g/mol. The number of nitrogens with zero attached hydrogens (tertiary/aromatic N) is 8. The lowest BCUT2D eigenvalue weighted by Crippen LogP contribution is -2.30. The first-order valence-corrected chi connectivity index (χ1v) is 29.3. The number of nitrogens with two attached hydrogens (primary N) is 2. The van der Waals surface area contributed by atoms with Gasteiger partial charge in [0, 0.05) is 48.2 Å². The van der Waals surface area contributed by atoms with Gasteiger partial charge in [0.1, 0.15) is 11.2 Å². The first kappa shape index (κ1) is 61.7. The fraction of sp³-hybridized carbons (Fsp3) is 0.429. The Bertz CT molecular complexity index is 3490. The van der Waals surface area contributed by atoms with E-state index in [-0.39, 0.29) is 11.6 Å². The van der Waals surface area contributed by atoms with Crippen LogP contribution in [0.2, 0.25) is 0 Å². The molecule has 20 nitrogen and oxygen atoms in total. The Morgan fingerprint density at radius 1 is 0.488 bits per heavy atom. The van der Waals surface area contributed by atoms with Crippen molar-refractivity contribution in [3.05, 3.63) is 167 Å². The quantitative estimate of drug-likeness (QED) is 0.0536. The van der Waals surface area contributed by atoms with E-state index in [1.165, 1.54) is 43.0 Å². The first-order chi connectivity index (χ1) is 41.0. The summed E-state index contributed by atoms with van der Waals surface area (Å²) >= 11 is 0. The molecule has 0 unspecified atom stereocenters. The molecule has 456 valence electrons. The van der Waals surface area contributed by atoms with Crippen molar-refractivity contribution in [1.29, 1.82) is 0 Å². The van der Waals surface area contributed by atoms with E-state index in [1.807, 2.05) is 135 Å². The van der Waals surface area contributed by atoms with Crippen LogP contribution in [0.1, 0.15) is 181 Å². The second-order valence-corrected chi connectivity index (χ2v) is 24.4. The number of amides is 3. The molecule has 0 atom stereocenters. The van der Waals surface area contributed by atoms with Gasteiger partial charge in [-0.15, -0.1) is 0 Å². The molecule has 3 aromatic carbocycles. The number of ether oxygens (including phenoxy) is 2. The van der Waals surface area contributed by atoms with Crippen LogP contribution in [0.4, 0.5) is 51.2 Å². The van der Waals surface area contributed by atoms with Gasteiger partial charge in [-0.25, -0.2) is 9.59 Å². The lowest BCUT2D eigenvalue weighted by Gasteiger charge is -2.19. The standard InChI is InChI=1S/C18H23N3O2.C15H14F3N3O.C13H15N3.C11H17N3O2.C6H9N3/c1-18(2,3)23-17(22)19-15-12-21(20-16(15)14-9-10-14)11-13-7-5-4-6-8-13;16-15(17,18)14(22)19-12-9-21(20-13(12)11-6-7-11)8-10-4-2-1-3-5-10;14-12-9-16(15-13(12)11-6-7-11)8-10-4-2-1-3-5-10;1-11(2,3)16-10(15)13-8-6-12-14-9(8)7-4-5-7;7-5-3-8-9-6(5)4-1-2-4/h4-8,12,14H,9-11H2,1-3H3,(H,19,22);1-5,9,11H,6-8H2,(H,19,22);1-5,9,11H,6-8,14H2;6-7H,4-5H2,1-3H3,(H,12,14)(H,13,15);3-4H,1-2,7H2,(H,8,9). The molecule has 0 saturated heterocycles. The first-order valence-electron chi connectivity index (χ1n) is 29.3. The van der Waals surface area contributed by atoms with Gasteiger partial charge >= 0.3 is 24.3 Å². The number of alkyl halides is 3. The topological polar surface area (TPSA) is 269 Å². The Morgan fingerprint density at radius 3 is 1.24 bits per heavy atom. The number of carbonyl (C=O) groups excluding carboxylic acids is 3. The number of anilines is 5. The van der Waals surface area contributed by atoms with Gasteiger partial charge in [0.05, 0.1) is 88.9 Å². The highest BCUT2D eigenvalue weighted by Crippen LogP contribution is 2.45. The third-order valence-electron chi connectivity index (χ3n) is 14.0. The van der Waals surface area contributed by atoms with Crippen LogP contribution in [0.5, 0.6) is 0 Å². The molecule has 5 aliphatic rings. The van der Waals surface area contributed by atoms with E-state index in [4.69, 9.17) is 20.9 Å². The van der Waals surface area contributed by atoms with Gasteiger partial charge in [-0.05, 0) is 122 Å². The second-order valence-electron chi connectivity index (χ2n) is 24.4. The van der Waals surface area contributed by atoms with Gasteiger partial charge in [0.2, 0.25) is 0 Å². The highest BCUT2D eigenvalue weighted by Gasteiger charge is 2.41. The Balaban J connectivity index is 0.000000132. The van der Waals surface area contributed by atoms with Crippen LogP contribution in [-0.2, 0) is 33.9 Å². The third-order valence-corrected chi connectivity index (χ3v) is 14.0. The van der Waals surface area contributed by atoms with Gasteiger partial charge in [0.15, 0.2) is 0 Å². The van der Waals surface area contributed by atoms with E-state index in [9.17, 15) is 27.6 Å². The lowest BCUT2D eigenvalue weighted by atomic mass is 10.2. The summed E-state index contributed by atoms with van der Waals surface area (Å²) in [4.78, 5) is 34.7. The molecule has 0 bridgehead atoms. The van der Waals surface area contributed by atoms with E-state index in [2.05, 4.69) is 70.6 Å². The molecule has 5 fully saturated rings. The molecule has 5 aliphatic carbocycles. The zero-order chi connectivity index (χ0) is 61.2. The summed E-state index contributed by atoms with van der Waals surface area (Å²) in [6, 6.07) is 30.0. The molecule has 0 spiro atoms. The van der Waals surface area contributed by atoms with E-state index in [1.54, 1.807) is 17.1 Å². The predicted molar refractivity (Wildman–Crippen MR) is 324 cm³/mol. The Morgan fingerprint density at radius 2 is 0.849 bits per heavy atom.